The van der Waals surface area contributed by atoms with Crippen molar-refractivity contribution in [3.63, 3.8) is 0 Å². The summed E-state index contributed by atoms with van der Waals surface area (Å²) in [4.78, 5) is 0. The van der Waals surface area contributed by atoms with E-state index in [2.05, 4.69) is 97.9 Å². The topological polar surface area (TPSA) is 0 Å². The first-order valence-electron chi connectivity index (χ1n) is 12.8. The monoisotopic (exact) mass is 432 g/mol. The average molecular weight is 433 g/mol. The van der Waals surface area contributed by atoms with Crippen LogP contribution >= 0.6 is 0 Å². The largest absolute Gasteiger partial charge is 0.0683 e. The zero-order chi connectivity index (χ0) is 24.6. The molecule has 3 aromatic rings. The van der Waals surface area contributed by atoms with Gasteiger partial charge in [0, 0.05) is 0 Å². The van der Waals surface area contributed by atoms with Gasteiger partial charge in [0.1, 0.15) is 0 Å². The summed E-state index contributed by atoms with van der Waals surface area (Å²) in [5.74, 6) is 2.17. The predicted molar refractivity (Wildman–Crippen MR) is 148 cm³/mol. The highest BCUT2D eigenvalue weighted by molar-refractivity contribution is 5.95. The molecule has 0 radical (unpaired) electrons. The lowest BCUT2D eigenvalue weighted by Gasteiger charge is -2.25. The van der Waals surface area contributed by atoms with Crippen molar-refractivity contribution in [3.05, 3.63) is 70.3 Å². The van der Waals surface area contributed by atoms with Crippen molar-refractivity contribution in [1.82, 2.24) is 0 Å². The van der Waals surface area contributed by atoms with E-state index >= 15 is 0 Å². The van der Waals surface area contributed by atoms with Crippen molar-refractivity contribution < 1.29 is 0 Å². The standard InChI is InChI=1S/C28H36.2C2H6/c1-17(2)20(5)19(4)15-25-13-14-26-16-27(24-11-9-18(3)10-12-24)21(6)22(7)28(26)23(25)8;2*1-2/h9-14,16-17,19-20H,15H2,1-8H3;2*1-2H3. The fourth-order valence-electron chi connectivity index (χ4n) is 4.49. The second-order valence-electron chi connectivity index (χ2n) is 9.27. The van der Waals surface area contributed by atoms with Gasteiger partial charge in [-0.2, -0.15) is 0 Å². The van der Waals surface area contributed by atoms with Crippen LogP contribution in [0.25, 0.3) is 21.9 Å². The lowest BCUT2D eigenvalue weighted by molar-refractivity contribution is 0.294. The van der Waals surface area contributed by atoms with E-state index in [1.165, 1.54) is 56.1 Å². The van der Waals surface area contributed by atoms with E-state index in [4.69, 9.17) is 0 Å². The Bertz CT molecular complexity index is 973. The van der Waals surface area contributed by atoms with Crippen LogP contribution in [0, 0.1) is 45.4 Å². The molecule has 0 bridgehead atoms. The minimum Gasteiger partial charge on any atom is -0.0683 e. The summed E-state index contributed by atoms with van der Waals surface area (Å²) < 4.78 is 0. The van der Waals surface area contributed by atoms with Crippen LogP contribution in [-0.4, -0.2) is 0 Å². The summed E-state index contributed by atoms with van der Waals surface area (Å²) in [6.07, 6.45) is 1.17. The third-order valence-corrected chi connectivity index (χ3v) is 7.10. The highest BCUT2D eigenvalue weighted by atomic mass is 14.2. The first-order valence-corrected chi connectivity index (χ1v) is 12.8. The third kappa shape index (κ3) is 6.25. The molecule has 0 aliphatic rings. The zero-order valence-corrected chi connectivity index (χ0v) is 23.0. The van der Waals surface area contributed by atoms with Crippen molar-refractivity contribution in [3.8, 4) is 11.1 Å². The minimum atomic E-state index is 0.699. The quantitative estimate of drug-likeness (QED) is 0.376. The van der Waals surface area contributed by atoms with Crippen LogP contribution in [0.15, 0.2) is 42.5 Å². The smallest absolute Gasteiger partial charge is 0.0120 e. The van der Waals surface area contributed by atoms with Crippen LogP contribution in [0.3, 0.4) is 0 Å². The minimum absolute atomic E-state index is 0.699. The molecule has 0 spiro atoms. The molecule has 2 unspecified atom stereocenters. The maximum Gasteiger partial charge on any atom is -0.0120 e. The second-order valence-corrected chi connectivity index (χ2v) is 9.27. The highest BCUT2D eigenvalue weighted by Crippen LogP contribution is 2.36. The number of hydrogen-bond donors (Lipinski definition) is 0. The van der Waals surface area contributed by atoms with Gasteiger partial charge in [-0.05, 0) is 102 Å². The Labute approximate surface area is 199 Å². The normalized spacial score (nSPS) is 12.5. The van der Waals surface area contributed by atoms with Crippen LogP contribution in [-0.2, 0) is 6.42 Å². The van der Waals surface area contributed by atoms with Crippen molar-refractivity contribution in [2.24, 2.45) is 17.8 Å². The molecule has 0 fully saturated rings. The van der Waals surface area contributed by atoms with Gasteiger partial charge in [0.15, 0.2) is 0 Å². The summed E-state index contributed by atoms with van der Waals surface area (Å²) in [6, 6.07) is 16.0. The van der Waals surface area contributed by atoms with Gasteiger partial charge >= 0.3 is 0 Å². The Morgan fingerprint density at radius 2 is 1.22 bits per heavy atom. The van der Waals surface area contributed by atoms with E-state index in [-0.39, 0.29) is 0 Å². The van der Waals surface area contributed by atoms with Crippen LogP contribution < -0.4 is 0 Å². The molecule has 3 aromatic carbocycles. The summed E-state index contributed by atoms with van der Waals surface area (Å²) in [7, 11) is 0. The lowest BCUT2D eigenvalue weighted by atomic mass is 9.80. The number of rotatable bonds is 5. The summed E-state index contributed by atoms with van der Waals surface area (Å²) in [5, 5.41) is 2.82. The average Bonchev–Trinajstić information content (AvgIpc) is 2.80. The number of benzene rings is 3. The molecular formula is C32H48. The molecule has 0 heterocycles. The molecule has 0 nitrogen and oxygen atoms in total. The molecule has 3 rings (SSSR count). The molecule has 0 aromatic heterocycles. The molecule has 0 saturated carbocycles. The maximum absolute atomic E-state index is 2.41. The van der Waals surface area contributed by atoms with E-state index in [1.807, 2.05) is 27.7 Å². The molecule has 0 heteroatoms. The van der Waals surface area contributed by atoms with Gasteiger partial charge in [0.05, 0.1) is 0 Å². The summed E-state index contributed by atoms with van der Waals surface area (Å²) in [6.45, 7) is 26.5. The van der Waals surface area contributed by atoms with Crippen molar-refractivity contribution in [2.75, 3.05) is 0 Å². The molecule has 32 heavy (non-hydrogen) atoms. The van der Waals surface area contributed by atoms with Crippen LogP contribution in [0.2, 0.25) is 0 Å². The summed E-state index contributed by atoms with van der Waals surface area (Å²) in [5.41, 5.74) is 9.80. The van der Waals surface area contributed by atoms with E-state index in [1.54, 1.807) is 0 Å². The van der Waals surface area contributed by atoms with Gasteiger partial charge in [0.25, 0.3) is 0 Å². The molecule has 176 valence electrons. The van der Waals surface area contributed by atoms with E-state index < -0.39 is 0 Å². The third-order valence-electron chi connectivity index (χ3n) is 7.10. The number of fused-ring (bicyclic) bond motifs is 1. The Morgan fingerprint density at radius 1 is 0.656 bits per heavy atom. The molecule has 0 saturated heterocycles. The maximum atomic E-state index is 2.41. The number of aryl methyl sites for hydroxylation is 3. The van der Waals surface area contributed by atoms with E-state index in [9.17, 15) is 0 Å². The van der Waals surface area contributed by atoms with Crippen LogP contribution in [0.4, 0.5) is 0 Å². The van der Waals surface area contributed by atoms with Gasteiger partial charge in [-0.15, -0.1) is 0 Å². The van der Waals surface area contributed by atoms with E-state index in [0.717, 1.165) is 11.8 Å². The predicted octanol–water partition coefficient (Wildman–Crippen LogP) is 10.3. The van der Waals surface area contributed by atoms with Gasteiger partial charge in [-0.1, -0.05) is 97.4 Å². The number of hydrogen-bond acceptors (Lipinski definition) is 0. The van der Waals surface area contributed by atoms with E-state index in [0.29, 0.717) is 5.92 Å². The van der Waals surface area contributed by atoms with Gasteiger partial charge in [0.2, 0.25) is 0 Å². The highest BCUT2D eigenvalue weighted by Gasteiger charge is 2.18. The van der Waals surface area contributed by atoms with Crippen molar-refractivity contribution in [1.29, 1.82) is 0 Å². The summed E-state index contributed by atoms with van der Waals surface area (Å²) >= 11 is 0. The SMILES string of the molecule is CC.CC.Cc1ccc(-c2cc3ccc(CC(C)C(C)C(C)C)c(C)c3c(C)c2C)cc1. The Balaban J connectivity index is 0.00000121. The molecular weight excluding hydrogens is 384 g/mol. The first-order chi connectivity index (χ1) is 15.2. The van der Waals surface area contributed by atoms with Crippen molar-refractivity contribution >= 4 is 10.8 Å². The first kappa shape index (κ1) is 28.0. The second kappa shape index (κ2) is 12.8. The fraction of sp³-hybridized carbons (Fsp3) is 0.500. The van der Waals surface area contributed by atoms with Gasteiger partial charge in [-0.3, -0.25) is 0 Å². The molecule has 0 aliphatic carbocycles. The van der Waals surface area contributed by atoms with Crippen LogP contribution in [0.5, 0.6) is 0 Å². The molecule has 0 aliphatic heterocycles. The molecule has 2 atom stereocenters. The van der Waals surface area contributed by atoms with Crippen molar-refractivity contribution in [2.45, 2.75) is 89.5 Å². The zero-order valence-electron chi connectivity index (χ0n) is 23.0. The fourth-order valence-corrected chi connectivity index (χ4v) is 4.49. The van der Waals surface area contributed by atoms with Gasteiger partial charge < -0.3 is 0 Å². The Kier molecular flexibility index (Phi) is 11.2. The Hall–Kier alpha value is -2.08. The van der Waals surface area contributed by atoms with Gasteiger partial charge in [-0.25, -0.2) is 0 Å². The lowest BCUT2D eigenvalue weighted by Crippen LogP contribution is -2.17. The van der Waals surface area contributed by atoms with Crippen LogP contribution in [0.1, 0.15) is 83.2 Å². The molecule has 0 N–H and O–H groups in total. The Morgan fingerprint density at radius 3 is 1.75 bits per heavy atom. The molecule has 0 amide bonds.